The molecule has 26 heavy (non-hydrogen) atoms. The second-order valence-corrected chi connectivity index (χ2v) is 6.90. The summed E-state index contributed by atoms with van der Waals surface area (Å²) in [5, 5.41) is 4.50. The Morgan fingerprint density at radius 2 is 1.88 bits per heavy atom. The van der Waals surface area contributed by atoms with E-state index in [9.17, 15) is 14.4 Å². The van der Waals surface area contributed by atoms with E-state index < -0.39 is 17.2 Å². The fourth-order valence-corrected chi connectivity index (χ4v) is 4.00. The molecule has 0 bridgehead atoms. The molecule has 0 saturated heterocycles. The summed E-state index contributed by atoms with van der Waals surface area (Å²) in [4.78, 5) is 39.3. The quantitative estimate of drug-likeness (QED) is 0.581. The third-order valence-electron chi connectivity index (χ3n) is 4.36. The van der Waals surface area contributed by atoms with Crippen LogP contribution in [0.15, 0.2) is 57.4 Å². The molecule has 130 valence electrons. The van der Waals surface area contributed by atoms with Crippen LogP contribution < -0.4 is 17.0 Å². The Kier molecular flexibility index (Phi) is 3.93. The Morgan fingerprint density at radius 3 is 2.65 bits per heavy atom. The average Bonchev–Trinajstić information content (AvgIpc) is 3.04. The van der Waals surface area contributed by atoms with Crippen molar-refractivity contribution in [2.24, 2.45) is 5.73 Å². The molecule has 2 aromatic heterocycles. The average molecular weight is 365 g/mol. The first kappa shape index (κ1) is 16.3. The highest BCUT2D eigenvalue weighted by molar-refractivity contribution is 7.17. The molecule has 0 aliphatic carbocycles. The van der Waals surface area contributed by atoms with Gasteiger partial charge in [0.2, 0.25) is 5.91 Å². The zero-order valence-corrected chi connectivity index (χ0v) is 14.5. The van der Waals surface area contributed by atoms with Crippen LogP contribution in [0.2, 0.25) is 0 Å². The maximum absolute atomic E-state index is 12.9. The number of rotatable bonds is 4. The molecule has 6 nitrogen and oxygen atoms in total. The number of hydrogen-bond donors (Lipinski definition) is 2. The van der Waals surface area contributed by atoms with E-state index in [0.717, 1.165) is 26.5 Å². The molecule has 7 heteroatoms. The number of nitrogens with zero attached hydrogens (tertiary/aromatic N) is 1. The topological polar surface area (TPSA) is 97.9 Å². The molecule has 0 unspecified atom stereocenters. The number of aromatic amines is 1. The Morgan fingerprint density at radius 1 is 1.12 bits per heavy atom. The molecule has 0 atom stereocenters. The number of thiophene rings is 1. The van der Waals surface area contributed by atoms with Gasteiger partial charge >= 0.3 is 5.69 Å². The summed E-state index contributed by atoms with van der Waals surface area (Å²) in [7, 11) is 0. The number of carbonyl (C=O) groups excluding carboxylic acids is 1. The van der Waals surface area contributed by atoms with Gasteiger partial charge in [-0.2, -0.15) is 0 Å². The number of H-pyrrole nitrogens is 1. The highest BCUT2D eigenvalue weighted by Crippen LogP contribution is 2.32. The minimum atomic E-state index is -0.559. The standard InChI is InChI=1S/C19H15N3O3S/c20-15(23)7-8-22-18(24)16-14(10-26-17(16)21-19(22)25)13-6-5-11-3-1-2-4-12(11)9-13/h1-6,9-10H,7-8H2,(H2,20,23)(H,21,25). The van der Waals surface area contributed by atoms with Crippen molar-refractivity contribution in [2.75, 3.05) is 0 Å². The van der Waals surface area contributed by atoms with Gasteiger partial charge in [0.05, 0.1) is 5.39 Å². The van der Waals surface area contributed by atoms with Crippen molar-refractivity contribution in [1.29, 1.82) is 0 Å². The van der Waals surface area contributed by atoms with Gasteiger partial charge in [-0.25, -0.2) is 4.79 Å². The van der Waals surface area contributed by atoms with Gasteiger partial charge in [-0.05, 0) is 22.4 Å². The molecule has 0 fully saturated rings. The van der Waals surface area contributed by atoms with Crippen LogP contribution in [0.4, 0.5) is 0 Å². The Hall–Kier alpha value is -3.19. The summed E-state index contributed by atoms with van der Waals surface area (Å²) in [6.07, 6.45) is -0.0655. The van der Waals surface area contributed by atoms with Gasteiger partial charge in [-0.1, -0.05) is 36.4 Å². The van der Waals surface area contributed by atoms with Gasteiger partial charge in [0.1, 0.15) is 4.83 Å². The van der Waals surface area contributed by atoms with E-state index in [2.05, 4.69) is 4.98 Å². The molecule has 2 heterocycles. The second-order valence-electron chi connectivity index (χ2n) is 6.02. The van der Waals surface area contributed by atoms with Gasteiger partial charge in [-0.3, -0.25) is 19.1 Å². The molecule has 0 radical (unpaired) electrons. The molecular formula is C19H15N3O3S. The number of benzene rings is 2. The zero-order chi connectivity index (χ0) is 18.3. The van der Waals surface area contributed by atoms with Crippen LogP contribution in [0.3, 0.4) is 0 Å². The van der Waals surface area contributed by atoms with Crippen LogP contribution in [0.1, 0.15) is 6.42 Å². The molecule has 0 saturated carbocycles. The summed E-state index contributed by atoms with van der Waals surface area (Å²) in [5.74, 6) is -0.559. The molecular weight excluding hydrogens is 350 g/mol. The van der Waals surface area contributed by atoms with Crippen molar-refractivity contribution in [1.82, 2.24) is 9.55 Å². The second kappa shape index (κ2) is 6.27. The van der Waals surface area contributed by atoms with Crippen LogP contribution in [-0.4, -0.2) is 15.5 Å². The summed E-state index contributed by atoms with van der Waals surface area (Å²) in [6.45, 7) is -0.0353. The van der Waals surface area contributed by atoms with E-state index in [1.165, 1.54) is 11.3 Å². The van der Waals surface area contributed by atoms with Crippen molar-refractivity contribution in [3.63, 3.8) is 0 Å². The first-order chi connectivity index (χ1) is 12.5. The third-order valence-corrected chi connectivity index (χ3v) is 5.25. The van der Waals surface area contributed by atoms with E-state index in [1.54, 1.807) is 0 Å². The van der Waals surface area contributed by atoms with Crippen molar-refractivity contribution >= 4 is 38.2 Å². The fourth-order valence-electron chi connectivity index (χ4n) is 3.05. The van der Waals surface area contributed by atoms with E-state index in [-0.39, 0.29) is 13.0 Å². The monoisotopic (exact) mass is 365 g/mol. The van der Waals surface area contributed by atoms with Crippen molar-refractivity contribution in [2.45, 2.75) is 13.0 Å². The molecule has 1 amide bonds. The summed E-state index contributed by atoms with van der Waals surface area (Å²) < 4.78 is 1.03. The smallest absolute Gasteiger partial charge is 0.329 e. The van der Waals surface area contributed by atoms with Gasteiger partial charge in [0, 0.05) is 23.9 Å². The highest BCUT2D eigenvalue weighted by Gasteiger charge is 2.15. The highest BCUT2D eigenvalue weighted by atomic mass is 32.1. The van der Waals surface area contributed by atoms with Crippen LogP contribution in [-0.2, 0) is 11.3 Å². The summed E-state index contributed by atoms with van der Waals surface area (Å²) >= 11 is 1.32. The number of nitrogens with one attached hydrogen (secondary N) is 1. The number of fused-ring (bicyclic) bond motifs is 2. The number of carbonyl (C=O) groups is 1. The predicted octanol–water partition coefficient (Wildman–Crippen LogP) is 2.45. The van der Waals surface area contributed by atoms with Gasteiger partial charge in [-0.15, -0.1) is 11.3 Å². The van der Waals surface area contributed by atoms with Gasteiger partial charge in [0.25, 0.3) is 5.56 Å². The van der Waals surface area contributed by atoms with Gasteiger partial charge in [0.15, 0.2) is 0 Å². The zero-order valence-electron chi connectivity index (χ0n) is 13.7. The Labute approximate surface area is 151 Å². The van der Waals surface area contributed by atoms with Crippen LogP contribution >= 0.6 is 11.3 Å². The van der Waals surface area contributed by atoms with Gasteiger partial charge < -0.3 is 5.73 Å². The summed E-state index contributed by atoms with van der Waals surface area (Å²) in [6, 6.07) is 14.0. The first-order valence-electron chi connectivity index (χ1n) is 8.06. The van der Waals surface area contributed by atoms with E-state index in [1.807, 2.05) is 47.8 Å². The van der Waals surface area contributed by atoms with Crippen molar-refractivity contribution < 1.29 is 4.79 Å². The molecule has 0 aliphatic rings. The SMILES string of the molecule is NC(=O)CCn1c(=O)[nH]c2scc(-c3ccc4ccccc4c3)c2c1=O. The normalized spacial score (nSPS) is 11.2. The largest absolute Gasteiger partial charge is 0.370 e. The Balaban J connectivity index is 1.92. The maximum Gasteiger partial charge on any atom is 0.329 e. The summed E-state index contributed by atoms with van der Waals surface area (Å²) in [5.41, 5.74) is 5.87. The van der Waals surface area contributed by atoms with E-state index in [4.69, 9.17) is 5.73 Å². The molecule has 2 aromatic carbocycles. The number of hydrogen-bond acceptors (Lipinski definition) is 4. The molecule has 3 N–H and O–H groups in total. The van der Waals surface area contributed by atoms with Crippen molar-refractivity contribution in [3.8, 4) is 11.1 Å². The lowest BCUT2D eigenvalue weighted by molar-refractivity contribution is -0.118. The number of primary amides is 1. The van der Waals surface area contributed by atoms with Crippen LogP contribution in [0.5, 0.6) is 0 Å². The minimum Gasteiger partial charge on any atom is -0.370 e. The molecule has 0 spiro atoms. The maximum atomic E-state index is 12.9. The van der Waals surface area contributed by atoms with Crippen LogP contribution in [0, 0.1) is 0 Å². The lowest BCUT2D eigenvalue weighted by Crippen LogP contribution is -2.36. The lowest BCUT2D eigenvalue weighted by Gasteiger charge is -2.06. The predicted molar refractivity (Wildman–Crippen MR) is 103 cm³/mol. The lowest BCUT2D eigenvalue weighted by atomic mass is 10.0. The molecule has 4 aromatic rings. The van der Waals surface area contributed by atoms with Crippen LogP contribution in [0.25, 0.3) is 32.1 Å². The number of amides is 1. The van der Waals surface area contributed by atoms with E-state index in [0.29, 0.717) is 10.2 Å². The fraction of sp³-hybridized carbons (Fsp3) is 0.105. The minimum absolute atomic E-state index is 0.0353. The van der Waals surface area contributed by atoms with Crippen molar-refractivity contribution in [3.05, 3.63) is 68.7 Å². The molecule has 4 rings (SSSR count). The van der Waals surface area contributed by atoms with E-state index >= 15 is 0 Å². The third kappa shape index (κ3) is 2.72. The molecule has 0 aliphatic heterocycles. The first-order valence-corrected chi connectivity index (χ1v) is 8.94. The Bertz CT molecular complexity index is 1270. The number of aromatic nitrogens is 2. The number of nitrogens with two attached hydrogens (primary N) is 1.